The van der Waals surface area contributed by atoms with Gasteiger partial charge in [-0.25, -0.2) is 0 Å². The number of nitrogens with one attached hydrogen (secondary N) is 2. The number of piperidine rings is 1. The molecule has 0 aliphatic carbocycles. The summed E-state index contributed by atoms with van der Waals surface area (Å²) in [4.78, 5) is 6.78. The van der Waals surface area contributed by atoms with Crippen LogP contribution in [0.1, 0.15) is 39.5 Å². The second-order valence-corrected chi connectivity index (χ2v) is 5.93. The van der Waals surface area contributed by atoms with E-state index in [0.717, 1.165) is 32.0 Å². The summed E-state index contributed by atoms with van der Waals surface area (Å²) >= 11 is 0. The zero-order valence-electron chi connectivity index (χ0n) is 14.1. The van der Waals surface area contributed by atoms with E-state index in [0.29, 0.717) is 19.0 Å². The van der Waals surface area contributed by atoms with Gasteiger partial charge in [0.15, 0.2) is 5.96 Å². The van der Waals surface area contributed by atoms with Crippen molar-refractivity contribution in [3.8, 4) is 0 Å². The molecule has 1 fully saturated rings. The van der Waals surface area contributed by atoms with Crippen LogP contribution in [-0.4, -0.2) is 56.3 Å². The SMILES string of the molecule is CCNC(=NCCCN1CCC(C)CC1)NCCC(F)(F)F.I. The van der Waals surface area contributed by atoms with Crippen LogP contribution in [0.2, 0.25) is 0 Å². The number of alkyl halides is 3. The quantitative estimate of drug-likeness (QED) is 0.271. The molecule has 0 aromatic carbocycles. The minimum absolute atomic E-state index is 0. The maximum atomic E-state index is 12.1. The van der Waals surface area contributed by atoms with Crippen molar-refractivity contribution in [3.05, 3.63) is 0 Å². The van der Waals surface area contributed by atoms with Crippen molar-refractivity contribution in [1.82, 2.24) is 15.5 Å². The summed E-state index contributed by atoms with van der Waals surface area (Å²) in [7, 11) is 0. The molecule has 0 aromatic rings. The van der Waals surface area contributed by atoms with E-state index < -0.39 is 12.6 Å². The Morgan fingerprint density at radius 2 is 1.87 bits per heavy atom. The van der Waals surface area contributed by atoms with Crippen LogP contribution < -0.4 is 10.6 Å². The summed E-state index contributed by atoms with van der Waals surface area (Å²) in [5.74, 6) is 1.30. The fraction of sp³-hybridized carbons (Fsp3) is 0.933. The Hall–Kier alpha value is -0.250. The number of hydrogen-bond acceptors (Lipinski definition) is 2. The molecule has 1 heterocycles. The summed E-state index contributed by atoms with van der Waals surface area (Å²) in [6.07, 6.45) is -1.53. The van der Waals surface area contributed by atoms with Gasteiger partial charge in [0.05, 0.1) is 6.42 Å². The minimum atomic E-state index is -4.13. The van der Waals surface area contributed by atoms with Crippen LogP contribution >= 0.6 is 24.0 Å². The van der Waals surface area contributed by atoms with Crippen molar-refractivity contribution in [2.24, 2.45) is 10.9 Å². The predicted octanol–water partition coefficient (Wildman–Crippen LogP) is 3.23. The first-order valence-corrected chi connectivity index (χ1v) is 8.22. The number of guanidine groups is 1. The summed E-state index contributed by atoms with van der Waals surface area (Å²) in [5, 5.41) is 5.70. The lowest BCUT2D eigenvalue weighted by atomic mass is 9.99. The summed E-state index contributed by atoms with van der Waals surface area (Å²) < 4.78 is 36.4. The van der Waals surface area contributed by atoms with Crippen molar-refractivity contribution in [2.45, 2.75) is 45.7 Å². The van der Waals surface area contributed by atoms with Crippen molar-refractivity contribution >= 4 is 29.9 Å². The lowest BCUT2D eigenvalue weighted by molar-refractivity contribution is -0.132. The molecule has 0 radical (unpaired) electrons. The maximum Gasteiger partial charge on any atom is 0.390 e. The molecule has 0 unspecified atom stereocenters. The average molecular weight is 450 g/mol. The van der Waals surface area contributed by atoms with Crippen LogP contribution in [0, 0.1) is 5.92 Å². The number of nitrogens with zero attached hydrogens (tertiary/aromatic N) is 2. The zero-order chi connectivity index (χ0) is 16.4. The van der Waals surface area contributed by atoms with Gasteiger partial charge in [0.25, 0.3) is 0 Å². The molecule has 1 saturated heterocycles. The van der Waals surface area contributed by atoms with Crippen LogP contribution in [0.3, 0.4) is 0 Å². The van der Waals surface area contributed by atoms with E-state index in [-0.39, 0.29) is 30.5 Å². The van der Waals surface area contributed by atoms with Crippen LogP contribution in [0.15, 0.2) is 4.99 Å². The van der Waals surface area contributed by atoms with E-state index in [2.05, 4.69) is 27.4 Å². The van der Waals surface area contributed by atoms with Crippen LogP contribution in [-0.2, 0) is 0 Å². The first kappa shape index (κ1) is 22.8. The first-order chi connectivity index (χ1) is 10.4. The highest BCUT2D eigenvalue weighted by molar-refractivity contribution is 14.0. The van der Waals surface area contributed by atoms with E-state index in [1.807, 2.05) is 6.92 Å². The van der Waals surface area contributed by atoms with E-state index in [9.17, 15) is 13.2 Å². The van der Waals surface area contributed by atoms with Crippen molar-refractivity contribution in [2.75, 3.05) is 39.3 Å². The zero-order valence-corrected chi connectivity index (χ0v) is 16.4. The molecule has 23 heavy (non-hydrogen) atoms. The molecule has 0 amide bonds. The average Bonchev–Trinajstić information content (AvgIpc) is 2.44. The van der Waals surface area contributed by atoms with Crippen molar-refractivity contribution in [3.63, 3.8) is 0 Å². The topological polar surface area (TPSA) is 39.7 Å². The Morgan fingerprint density at radius 1 is 1.22 bits per heavy atom. The third-order valence-electron chi connectivity index (χ3n) is 3.82. The predicted molar refractivity (Wildman–Crippen MR) is 99.5 cm³/mol. The molecule has 1 aliphatic rings. The highest BCUT2D eigenvalue weighted by Crippen LogP contribution is 2.18. The third-order valence-corrected chi connectivity index (χ3v) is 3.82. The van der Waals surface area contributed by atoms with Crippen molar-refractivity contribution in [1.29, 1.82) is 0 Å². The Kier molecular flexibility index (Phi) is 12.0. The molecular weight excluding hydrogens is 420 g/mol. The normalized spacial score (nSPS) is 17.7. The fourth-order valence-corrected chi connectivity index (χ4v) is 2.44. The lowest BCUT2D eigenvalue weighted by Crippen LogP contribution is -2.39. The number of likely N-dealkylation sites (tertiary alicyclic amines) is 1. The highest BCUT2D eigenvalue weighted by atomic mass is 127. The van der Waals surface area contributed by atoms with Crippen LogP contribution in [0.4, 0.5) is 13.2 Å². The Bertz CT molecular complexity index is 329. The van der Waals surface area contributed by atoms with Gasteiger partial charge in [-0.15, -0.1) is 24.0 Å². The van der Waals surface area contributed by atoms with Gasteiger partial charge >= 0.3 is 6.18 Å². The minimum Gasteiger partial charge on any atom is -0.357 e. The Labute approximate surface area is 154 Å². The molecule has 0 spiro atoms. The van der Waals surface area contributed by atoms with E-state index >= 15 is 0 Å². The van der Waals surface area contributed by atoms with Gasteiger partial charge in [0.2, 0.25) is 0 Å². The third kappa shape index (κ3) is 11.9. The largest absolute Gasteiger partial charge is 0.390 e. The van der Waals surface area contributed by atoms with Gasteiger partial charge in [-0.2, -0.15) is 13.2 Å². The molecule has 1 rings (SSSR count). The van der Waals surface area contributed by atoms with Gasteiger partial charge in [0, 0.05) is 19.6 Å². The molecule has 8 heteroatoms. The summed E-state index contributed by atoms with van der Waals surface area (Å²) in [6.45, 7) is 8.63. The molecule has 0 bridgehead atoms. The highest BCUT2D eigenvalue weighted by Gasteiger charge is 2.26. The monoisotopic (exact) mass is 450 g/mol. The van der Waals surface area contributed by atoms with E-state index in [1.165, 1.54) is 12.8 Å². The standard InChI is InChI=1S/C15H29F3N4.HI/c1-3-19-14(21-9-7-15(16,17)18)20-8-4-10-22-11-5-13(2)6-12-22;/h13H,3-12H2,1-2H3,(H2,19,20,21);1H. The summed E-state index contributed by atoms with van der Waals surface area (Å²) in [6, 6.07) is 0. The van der Waals surface area contributed by atoms with E-state index in [4.69, 9.17) is 0 Å². The lowest BCUT2D eigenvalue weighted by Gasteiger charge is -2.29. The van der Waals surface area contributed by atoms with Gasteiger partial charge in [-0.1, -0.05) is 6.92 Å². The number of hydrogen-bond donors (Lipinski definition) is 2. The molecule has 0 saturated carbocycles. The molecule has 138 valence electrons. The van der Waals surface area contributed by atoms with E-state index in [1.54, 1.807) is 0 Å². The van der Waals surface area contributed by atoms with Gasteiger partial charge in [-0.3, -0.25) is 4.99 Å². The number of rotatable bonds is 7. The van der Waals surface area contributed by atoms with Crippen LogP contribution in [0.25, 0.3) is 0 Å². The molecule has 4 nitrogen and oxygen atoms in total. The van der Waals surface area contributed by atoms with Gasteiger partial charge in [-0.05, 0) is 51.7 Å². The maximum absolute atomic E-state index is 12.1. The molecule has 0 atom stereocenters. The second kappa shape index (κ2) is 12.2. The van der Waals surface area contributed by atoms with Crippen molar-refractivity contribution < 1.29 is 13.2 Å². The molecule has 2 N–H and O–H groups in total. The fourth-order valence-electron chi connectivity index (χ4n) is 2.44. The second-order valence-electron chi connectivity index (χ2n) is 5.93. The molecule has 0 aromatic heterocycles. The Balaban J connectivity index is 0.00000484. The van der Waals surface area contributed by atoms with Gasteiger partial charge < -0.3 is 15.5 Å². The summed E-state index contributed by atoms with van der Waals surface area (Å²) in [5.41, 5.74) is 0. The Morgan fingerprint density at radius 3 is 2.43 bits per heavy atom. The smallest absolute Gasteiger partial charge is 0.357 e. The number of aliphatic imine (C=N–C) groups is 1. The molecular formula is C15H30F3IN4. The molecule has 1 aliphatic heterocycles. The first-order valence-electron chi connectivity index (χ1n) is 8.22. The number of halogens is 4. The van der Waals surface area contributed by atoms with Crippen LogP contribution in [0.5, 0.6) is 0 Å². The van der Waals surface area contributed by atoms with Gasteiger partial charge in [0.1, 0.15) is 0 Å².